The number of hydrogen-bond donors (Lipinski definition) is 0. The molecule has 0 saturated carbocycles. The van der Waals surface area contributed by atoms with E-state index < -0.39 is 5.82 Å². The molecule has 0 spiro atoms. The predicted octanol–water partition coefficient (Wildman–Crippen LogP) is 1.43. The van der Waals surface area contributed by atoms with Gasteiger partial charge in [-0.15, -0.1) is 0 Å². The van der Waals surface area contributed by atoms with Crippen LogP contribution in [0, 0.1) is 5.82 Å². The number of aromatic nitrogens is 1. The molecule has 0 aromatic carbocycles. The number of allylic oxidation sites excluding steroid dienone is 1. The van der Waals surface area contributed by atoms with Crippen LogP contribution in [0.3, 0.4) is 0 Å². The van der Waals surface area contributed by atoms with Gasteiger partial charge in [-0.05, 0) is 17.7 Å². The molecular formula is C8H6FNO. The number of carbonyl (C=O) groups excluding carboxylic acids is 1. The summed E-state index contributed by atoms with van der Waals surface area (Å²) in [6.45, 7) is 0. The van der Waals surface area contributed by atoms with Gasteiger partial charge in [0.15, 0.2) is 0 Å². The Bertz CT molecular complexity index is 283. The van der Waals surface area contributed by atoms with Crippen molar-refractivity contribution in [1.82, 2.24) is 4.98 Å². The molecule has 0 aliphatic heterocycles. The summed E-state index contributed by atoms with van der Waals surface area (Å²) < 4.78 is 12.4. The quantitative estimate of drug-likeness (QED) is 0.472. The van der Waals surface area contributed by atoms with Crippen LogP contribution in [0.2, 0.25) is 0 Å². The Hall–Kier alpha value is -1.51. The molecule has 0 N–H and O–H groups in total. The van der Waals surface area contributed by atoms with Crippen molar-refractivity contribution in [3.63, 3.8) is 0 Å². The van der Waals surface area contributed by atoms with E-state index in [0.717, 1.165) is 6.20 Å². The number of hydrogen-bond acceptors (Lipinski definition) is 2. The highest BCUT2D eigenvalue weighted by atomic mass is 19.1. The zero-order valence-corrected chi connectivity index (χ0v) is 5.70. The van der Waals surface area contributed by atoms with Crippen LogP contribution in [-0.4, -0.2) is 11.3 Å². The Morgan fingerprint density at radius 2 is 2.27 bits per heavy atom. The molecule has 1 aromatic rings. The Balaban J connectivity index is 2.87. The van der Waals surface area contributed by atoms with Gasteiger partial charge in [-0.25, -0.2) is 4.39 Å². The molecule has 11 heavy (non-hydrogen) atoms. The second-order valence-electron chi connectivity index (χ2n) is 1.93. The van der Waals surface area contributed by atoms with E-state index in [9.17, 15) is 9.18 Å². The monoisotopic (exact) mass is 151 g/mol. The summed E-state index contributed by atoms with van der Waals surface area (Å²) in [6, 6.07) is 1.30. The molecule has 1 aromatic heterocycles. The van der Waals surface area contributed by atoms with E-state index in [0.29, 0.717) is 11.8 Å². The number of carbonyl (C=O) groups is 1. The number of nitrogens with zero attached hydrogens (tertiary/aromatic N) is 1. The van der Waals surface area contributed by atoms with Crippen molar-refractivity contribution in [2.45, 2.75) is 0 Å². The zero-order valence-electron chi connectivity index (χ0n) is 5.70. The summed E-state index contributed by atoms with van der Waals surface area (Å²) >= 11 is 0. The van der Waals surface area contributed by atoms with Crippen LogP contribution in [0.4, 0.5) is 4.39 Å². The number of rotatable bonds is 2. The minimum Gasteiger partial charge on any atom is -0.299 e. The Morgan fingerprint density at radius 1 is 1.45 bits per heavy atom. The average molecular weight is 151 g/mol. The molecule has 0 bridgehead atoms. The van der Waals surface area contributed by atoms with Gasteiger partial charge in [0.05, 0.1) is 6.20 Å². The highest BCUT2D eigenvalue weighted by Crippen LogP contribution is 2.01. The van der Waals surface area contributed by atoms with Crippen LogP contribution in [0.1, 0.15) is 5.56 Å². The molecule has 0 radical (unpaired) electrons. The second kappa shape index (κ2) is 3.61. The Labute approximate surface area is 63.4 Å². The predicted molar refractivity (Wildman–Crippen MR) is 39.3 cm³/mol. The Morgan fingerprint density at radius 3 is 2.91 bits per heavy atom. The van der Waals surface area contributed by atoms with Crippen LogP contribution in [0.5, 0.6) is 0 Å². The lowest BCUT2D eigenvalue weighted by molar-refractivity contribution is -0.104. The van der Waals surface area contributed by atoms with E-state index in [1.165, 1.54) is 24.4 Å². The van der Waals surface area contributed by atoms with Gasteiger partial charge in [-0.3, -0.25) is 9.78 Å². The molecule has 56 valence electrons. The standard InChI is InChI=1S/C8H6FNO/c9-8-4-7(2-1-3-11)5-10-6-8/h1-6H/b2-1+. The molecule has 0 aliphatic carbocycles. The lowest BCUT2D eigenvalue weighted by Gasteiger charge is -1.89. The maximum Gasteiger partial charge on any atom is 0.142 e. The summed E-state index contributed by atoms with van der Waals surface area (Å²) in [5.41, 5.74) is 0.581. The van der Waals surface area contributed by atoms with Crippen molar-refractivity contribution < 1.29 is 9.18 Å². The van der Waals surface area contributed by atoms with Crippen LogP contribution in [-0.2, 0) is 4.79 Å². The van der Waals surface area contributed by atoms with Gasteiger partial charge in [0, 0.05) is 6.20 Å². The fourth-order valence-corrected chi connectivity index (χ4v) is 0.670. The van der Waals surface area contributed by atoms with Crippen LogP contribution in [0.15, 0.2) is 24.5 Å². The molecule has 0 saturated heterocycles. The molecular weight excluding hydrogens is 145 g/mol. The number of pyridine rings is 1. The lowest BCUT2D eigenvalue weighted by atomic mass is 10.2. The molecule has 0 amide bonds. The van der Waals surface area contributed by atoms with Crippen molar-refractivity contribution in [3.05, 3.63) is 35.9 Å². The first-order valence-electron chi connectivity index (χ1n) is 3.05. The van der Waals surface area contributed by atoms with E-state index in [1.54, 1.807) is 0 Å². The van der Waals surface area contributed by atoms with E-state index in [1.807, 2.05) is 0 Å². The van der Waals surface area contributed by atoms with E-state index in [4.69, 9.17) is 0 Å². The molecule has 0 fully saturated rings. The largest absolute Gasteiger partial charge is 0.299 e. The zero-order chi connectivity index (χ0) is 8.10. The molecule has 0 aliphatic rings. The van der Waals surface area contributed by atoms with E-state index in [2.05, 4.69) is 4.98 Å². The van der Waals surface area contributed by atoms with Crippen molar-refractivity contribution >= 4 is 12.4 Å². The first-order chi connectivity index (χ1) is 5.33. The highest BCUT2D eigenvalue weighted by Gasteiger charge is 1.89. The molecule has 1 heterocycles. The normalized spacial score (nSPS) is 10.3. The average Bonchev–Trinajstić information content (AvgIpc) is 2.01. The van der Waals surface area contributed by atoms with Crippen molar-refractivity contribution in [1.29, 1.82) is 0 Å². The van der Waals surface area contributed by atoms with Gasteiger partial charge >= 0.3 is 0 Å². The van der Waals surface area contributed by atoms with E-state index >= 15 is 0 Å². The van der Waals surface area contributed by atoms with Crippen molar-refractivity contribution in [2.24, 2.45) is 0 Å². The maximum atomic E-state index is 12.4. The van der Waals surface area contributed by atoms with Gasteiger partial charge in [-0.1, -0.05) is 6.08 Å². The van der Waals surface area contributed by atoms with Crippen LogP contribution < -0.4 is 0 Å². The smallest absolute Gasteiger partial charge is 0.142 e. The van der Waals surface area contributed by atoms with Gasteiger partial charge in [-0.2, -0.15) is 0 Å². The SMILES string of the molecule is O=C/C=C/c1cncc(F)c1. The summed E-state index contributed by atoms with van der Waals surface area (Å²) in [6.07, 6.45) is 5.99. The second-order valence-corrected chi connectivity index (χ2v) is 1.93. The lowest BCUT2D eigenvalue weighted by Crippen LogP contribution is -1.79. The van der Waals surface area contributed by atoms with Gasteiger partial charge in [0.1, 0.15) is 12.1 Å². The summed E-state index contributed by atoms with van der Waals surface area (Å²) in [5, 5.41) is 0. The minimum absolute atomic E-state index is 0.405. The van der Waals surface area contributed by atoms with Crippen LogP contribution in [0.25, 0.3) is 6.08 Å². The maximum absolute atomic E-state index is 12.4. The van der Waals surface area contributed by atoms with E-state index in [-0.39, 0.29) is 0 Å². The van der Waals surface area contributed by atoms with Crippen molar-refractivity contribution in [3.8, 4) is 0 Å². The molecule has 0 atom stereocenters. The Kier molecular flexibility index (Phi) is 2.49. The highest BCUT2D eigenvalue weighted by molar-refractivity contribution is 5.73. The first-order valence-corrected chi connectivity index (χ1v) is 3.05. The molecule has 1 rings (SSSR count). The minimum atomic E-state index is -0.405. The third-order valence-corrected chi connectivity index (χ3v) is 1.09. The van der Waals surface area contributed by atoms with Crippen molar-refractivity contribution in [2.75, 3.05) is 0 Å². The topological polar surface area (TPSA) is 30.0 Å². The van der Waals surface area contributed by atoms with Gasteiger partial charge in [0.25, 0.3) is 0 Å². The first kappa shape index (κ1) is 7.60. The molecule has 3 heteroatoms. The third kappa shape index (κ3) is 2.29. The molecule has 0 unspecified atom stereocenters. The van der Waals surface area contributed by atoms with Gasteiger partial charge in [0.2, 0.25) is 0 Å². The summed E-state index contributed by atoms with van der Waals surface area (Å²) in [4.78, 5) is 13.5. The van der Waals surface area contributed by atoms with Crippen LogP contribution >= 0.6 is 0 Å². The summed E-state index contributed by atoms with van der Waals surface area (Å²) in [7, 11) is 0. The number of aldehydes is 1. The van der Waals surface area contributed by atoms with Gasteiger partial charge < -0.3 is 0 Å². The summed E-state index contributed by atoms with van der Waals surface area (Å²) in [5.74, 6) is -0.405. The fourth-order valence-electron chi connectivity index (χ4n) is 0.670. The molecule has 2 nitrogen and oxygen atoms in total. The third-order valence-electron chi connectivity index (χ3n) is 1.09. The fraction of sp³-hybridized carbons (Fsp3) is 0. The number of halogens is 1.